The number of nitriles is 1. The molecule has 2 rings (SSSR count). The zero-order valence-electron chi connectivity index (χ0n) is 7.26. The SMILES string of the molecule is N#CC1CCCc2ccc(Br)cc21. The average molecular weight is 236 g/mol. The smallest absolute Gasteiger partial charge is 0.0715 e. The van der Waals surface area contributed by atoms with E-state index in [4.69, 9.17) is 5.26 Å². The van der Waals surface area contributed by atoms with E-state index in [-0.39, 0.29) is 5.92 Å². The van der Waals surface area contributed by atoms with Crippen LogP contribution in [0.1, 0.15) is 29.9 Å². The van der Waals surface area contributed by atoms with Gasteiger partial charge >= 0.3 is 0 Å². The summed E-state index contributed by atoms with van der Waals surface area (Å²) in [7, 11) is 0. The number of fused-ring (bicyclic) bond motifs is 1. The Morgan fingerprint density at radius 1 is 1.46 bits per heavy atom. The van der Waals surface area contributed by atoms with E-state index in [1.807, 2.05) is 0 Å². The van der Waals surface area contributed by atoms with Gasteiger partial charge in [0.15, 0.2) is 0 Å². The first kappa shape index (κ1) is 8.77. The molecular weight excluding hydrogens is 226 g/mol. The van der Waals surface area contributed by atoms with Crippen molar-refractivity contribution in [1.29, 1.82) is 5.26 Å². The molecule has 0 aromatic heterocycles. The summed E-state index contributed by atoms with van der Waals surface area (Å²) in [6.07, 6.45) is 3.29. The van der Waals surface area contributed by atoms with Crippen LogP contribution in [0, 0.1) is 11.3 Å². The lowest BCUT2D eigenvalue weighted by Crippen LogP contribution is -2.07. The molecule has 0 saturated heterocycles. The average Bonchev–Trinajstić information content (AvgIpc) is 2.17. The van der Waals surface area contributed by atoms with Crippen molar-refractivity contribution >= 4 is 15.9 Å². The van der Waals surface area contributed by atoms with Crippen molar-refractivity contribution in [1.82, 2.24) is 0 Å². The molecule has 1 atom stereocenters. The van der Waals surface area contributed by atoms with Gasteiger partial charge < -0.3 is 0 Å². The van der Waals surface area contributed by atoms with Crippen LogP contribution in [0.4, 0.5) is 0 Å². The van der Waals surface area contributed by atoms with Crippen molar-refractivity contribution in [2.45, 2.75) is 25.2 Å². The molecule has 1 aliphatic carbocycles. The molecule has 0 aliphatic heterocycles. The minimum atomic E-state index is 0.112. The fraction of sp³-hybridized carbons (Fsp3) is 0.364. The highest BCUT2D eigenvalue weighted by Crippen LogP contribution is 2.32. The highest BCUT2D eigenvalue weighted by atomic mass is 79.9. The molecule has 2 heteroatoms. The van der Waals surface area contributed by atoms with E-state index in [9.17, 15) is 0 Å². The maximum atomic E-state index is 8.96. The van der Waals surface area contributed by atoms with Crippen LogP contribution in [0.5, 0.6) is 0 Å². The van der Waals surface area contributed by atoms with Crippen molar-refractivity contribution in [3.05, 3.63) is 33.8 Å². The molecule has 0 fully saturated rings. The number of halogens is 1. The van der Waals surface area contributed by atoms with Gasteiger partial charge in [0.25, 0.3) is 0 Å². The van der Waals surface area contributed by atoms with Crippen molar-refractivity contribution in [2.24, 2.45) is 0 Å². The summed E-state index contributed by atoms with van der Waals surface area (Å²) in [5.74, 6) is 0.112. The normalized spacial score (nSPS) is 20.5. The molecule has 1 aromatic rings. The van der Waals surface area contributed by atoms with Gasteiger partial charge in [-0.1, -0.05) is 22.0 Å². The standard InChI is InChI=1S/C11H10BrN/c12-10-5-4-8-2-1-3-9(7-13)11(8)6-10/h4-6,9H,1-3H2. The van der Waals surface area contributed by atoms with Crippen molar-refractivity contribution in [2.75, 3.05) is 0 Å². The summed E-state index contributed by atoms with van der Waals surface area (Å²) in [6.45, 7) is 0. The monoisotopic (exact) mass is 235 g/mol. The molecule has 1 nitrogen and oxygen atoms in total. The molecule has 66 valence electrons. The van der Waals surface area contributed by atoms with Crippen molar-refractivity contribution in [3.63, 3.8) is 0 Å². The Hall–Kier alpha value is -0.810. The van der Waals surface area contributed by atoms with Crippen LogP contribution in [0.2, 0.25) is 0 Å². The van der Waals surface area contributed by atoms with Crippen LogP contribution in [0.25, 0.3) is 0 Å². The molecule has 1 aromatic carbocycles. The largest absolute Gasteiger partial charge is 0.198 e. The second kappa shape index (κ2) is 3.51. The molecule has 0 bridgehead atoms. The van der Waals surface area contributed by atoms with Crippen molar-refractivity contribution < 1.29 is 0 Å². The summed E-state index contributed by atoms with van der Waals surface area (Å²) in [5, 5.41) is 8.96. The van der Waals surface area contributed by atoms with E-state index in [1.165, 1.54) is 11.1 Å². The zero-order valence-corrected chi connectivity index (χ0v) is 8.84. The van der Waals surface area contributed by atoms with Crippen LogP contribution >= 0.6 is 15.9 Å². The lowest BCUT2D eigenvalue weighted by atomic mass is 9.84. The third-order valence-corrected chi connectivity index (χ3v) is 3.07. The highest BCUT2D eigenvalue weighted by molar-refractivity contribution is 9.10. The fourth-order valence-electron chi connectivity index (χ4n) is 1.90. The predicted molar refractivity (Wildman–Crippen MR) is 55.4 cm³/mol. The fourth-order valence-corrected chi connectivity index (χ4v) is 2.28. The molecule has 1 aliphatic rings. The second-order valence-corrected chi connectivity index (χ2v) is 4.33. The Morgan fingerprint density at radius 2 is 2.31 bits per heavy atom. The first-order chi connectivity index (χ1) is 6.31. The van der Waals surface area contributed by atoms with Crippen LogP contribution in [-0.2, 0) is 6.42 Å². The van der Waals surface area contributed by atoms with E-state index < -0.39 is 0 Å². The van der Waals surface area contributed by atoms with Gasteiger partial charge in [-0.05, 0) is 42.5 Å². The van der Waals surface area contributed by atoms with Crippen LogP contribution in [-0.4, -0.2) is 0 Å². The van der Waals surface area contributed by atoms with Crippen LogP contribution < -0.4 is 0 Å². The van der Waals surface area contributed by atoms with E-state index in [1.54, 1.807) is 0 Å². The lowest BCUT2D eigenvalue weighted by Gasteiger charge is -2.20. The summed E-state index contributed by atoms with van der Waals surface area (Å²) in [5.41, 5.74) is 2.57. The highest BCUT2D eigenvalue weighted by Gasteiger charge is 2.19. The minimum Gasteiger partial charge on any atom is -0.198 e. The predicted octanol–water partition coefficient (Wildman–Crippen LogP) is 3.39. The maximum Gasteiger partial charge on any atom is 0.0715 e. The topological polar surface area (TPSA) is 23.8 Å². The lowest BCUT2D eigenvalue weighted by molar-refractivity contribution is 0.636. The first-order valence-corrected chi connectivity index (χ1v) is 5.28. The maximum absolute atomic E-state index is 8.96. The van der Waals surface area contributed by atoms with Gasteiger partial charge in [0.2, 0.25) is 0 Å². The van der Waals surface area contributed by atoms with E-state index in [0.717, 1.165) is 23.7 Å². The summed E-state index contributed by atoms with van der Waals surface area (Å²) < 4.78 is 1.08. The third-order valence-electron chi connectivity index (χ3n) is 2.58. The van der Waals surface area contributed by atoms with Gasteiger partial charge in [-0.2, -0.15) is 5.26 Å². The van der Waals surface area contributed by atoms with E-state index >= 15 is 0 Å². The van der Waals surface area contributed by atoms with Gasteiger partial charge in [0, 0.05) is 4.47 Å². The van der Waals surface area contributed by atoms with Crippen LogP contribution in [0.15, 0.2) is 22.7 Å². The van der Waals surface area contributed by atoms with Gasteiger partial charge in [-0.3, -0.25) is 0 Å². The zero-order chi connectivity index (χ0) is 9.26. The first-order valence-electron chi connectivity index (χ1n) is 4.49. The van der Waals surface area contributed by atoms with E-state index in [2.05, 4.69) is 40.2 Å². The molecule has 0 heterocycles. The molecule has 0 spiro atoms. The molecule has 0 amide bonds. The number of nitrogens with zero attached hydrogens (tertiary/aromatic N) is 1. The Bertz CT molecular complexity index is 365. The van der Waals surface area contributed by atoms with Crippen LogP contribution in [0.3, 0.4) is 0 Å². The quantitative estimate of drug-likeness (QED) is 0.677. The third kappa shape index (κ3) is 1.62. The summed E-state index contributed by atoms with van der Waals surface area (Å²) in [6, 6.07) is 8.63. The molecule has 13 heavy (non-hydrogen) atoms. The van der Waals surface area contributed by atoms with E-state index in [0.29, 0.717) is 0 Å². The number of benzene rings is 1. The van der Waals surface area contributed by atoms with Gasteiger partial charge in [-0.25, -0.2) is 0 Å². The number of aryl methyl sites for hydroxylation is 1. The molecular formula is C11H10BrN. The Labute approximate surface area is 86.5 Å². The number of hydrogen-bond acceptors (Lipinski definition) is 1. The van der Waals surface area contributed by atoms with Gasteiger partial charge in [-0.15, -0.1) is 0 Å². The second-order valence-electron chi connectivity index (χ2n) is 3.42. The Morgan fingerprint density at radius 3 is 3.08 bits per heavy atom. The number of rotatable bonds is 0. The minimum absolute atomic E-state index is 0.112. The summed E-state index contributed by atoms with van der Waals surface area (Å²) in [4.78, 5) is 0. The number of hydrogen-bond donors (Lipinski definition) is 0. The Kier molecular flexibility index (Phi) is 2.37. The van der Waals surface area contributed by atoms with Crippen molar-refractivity contribution in [3.8, 4) is 6.07 Å². The Balaban J connectivity index is 2.49. The molecule has 0 N–H and O–H groups in total. The van der Waals surface area contributed by atoms with Gasteiger partial charge in [0.1, 0.15) is 0 Å². The summed E-state index contributed by atoms with van der Waals surface area (Å²) >= 11 is 3.44. The molecule has 0 radical (unpaired) electrons. The molecule has 0 saturated carbocycles. The molecule has 1 unspecified atom stereocenters. The van der Waals surface area contributed by atoms with Gasteiger partial charge in [0.05, 0.1) is 12.0 Å².